The summed E-state index contributed by atoms with van der Waals surface area (Å²) in [7, 11) is 0. The summed E-state index contributed by atoms with van der Waals surface area (Å²) in [6, 6.07) is 3.70. The van der Waals surface area contributed by atoms with Crippen molar-refractivity contribution in [2.45, 2.75) is 50.9 Å². The fourth-order valence-corrected chi connectivity index (χ4v) is 4.86. The molecule has 0 amide bonds. The number of allylic oxidation sites excluding steroid dienone is 2. The van der Waals surface area contributed by atoms with Crippen molar-refractivity contribution in [3.63, 3.8) is 0 Å². The molecule has 2 aromatic rings. The van der Waals surface area contributed by atoms with Gasteiger partial charge in [-0.3, -0.25) is 0 Å². The van der Waals surface area contributed by atoms with E-state index in [9.17, 15) is 26.3 Å². The van der Waals surface area contributed by atoms with E-state index in [-0.39, 0.29) is 24.3 Å². The minimum Gasteiger partial charge on any atom is -0.429 e. The number of rotatable bonds is 9. The molecule has 206 valence electrons. The molecule has 1 aliphatic heterocycles. The first-order chi connectivity index (χ1) is 18.2. The standard InChI is InChI=1S/C29H30F6O3/c1-2-18-16-36-28(37-17-18)21-10-7-19(8-11-21)5-3-4-6-20-9-12-23(24(30)13-20)29(34,35)38-22-14-25(31)27(33)26(32)15-22/h2-4,9,12-15,18-19,21,28H,1,5-8,10-11,16-17H2/b4-3-. The van der Waals surface area contributed by atoms with E-state index in [2.05, 4.69) is 11.3 Å². The fourth-order valence-electron chi connectivity index (χ4n) is 4.86. The van der Waals surface area contributed by atoms with E-state index >= 15 is 0 Å². The number of halogens is 6. The Hall–Kier alpha value is -2.78. The van der Waals surface area contributed by atoms with E-state index in [1.807, 2.05) is 18.2 Å². The van der Waals surface area contributed by atoms with Crippen LogP contribution in [0.5, 0.6) is 5.75 Å². The monoisotopic (exact) mass is 540 g/mol. The minimum atomic E-state index is -4.23. The summed E-state index contributed by atoms with van der Waals surface area (Å²) >= 11 is 0. The molecule has 0 N–H and O–H groups in total. The molecule has 2 aromatic carbocycles. The van der Waals surface area contributed by atoms with E-state index in [1.54, 1.807) is 0 Å². The Morgan fingerprint density at radius 3 is 2.16 bits per heavy atom. The molecule has 1 heterocycles. The van der Waals surface area contributed by atoms with Gasteiger partial charge in [-0.2, -0.15) is 8.78 Å². The normalized spacial score (nSPS) is 24.5. The summed E-state index contributed by atoms with van der Waals surface area (Å²) in [5.74, 6) is -6.22. The molecule has 0 atom stereocenters. The van der Waals surface area contributed by atoms with Gasteiger partial charge in [0.2, 0.25) is 0 Å². The van der Waals surface area contributed by atoms with E-state index in [0.717, 1.165) is 44.2 Å². The molecule has 4 rings (SSSR count). The summed E-state index contributed by atoms with van der Waals surface area (Å²) in [6.07, 6.45) is 6.78. The zero-order valence-electron chi connectivity index (χ0n) is 20.8. The Morgan fingerprint density at radius 2 is 1.55 bits per heavy atom. The number of hydrogen-bond donors (Lipinski definition) is 0. The van der Waals surface area contributed by atoms with Crippen molar-refractivity contribution in [2.24, 2.45) is 17.8 Å². The van der Waals surface area contributed by atoms with Gasteiger partial charge < -0.3 is 14.2 Å². The van der Waals surface area contributed by atoms with E-state index < -0.39 is 40.7 Å². The van der Waals surface area contributed by atoms with Gasteiger partial charge in [0.1, 0.15) is 11.6 Å². The molecular weight excluding hydrogens is 510 g/mol. The van der Waals surface area contributed by atoms with Crippen LogP contribution in [0.2, 0.25) is 0 Å². The SMILES string of the molecule is C=CC1COC(C2CCC(C/C=C\Cc3ccc(C(F)(F)Oc4cc(F)c(F)c(F)c4)c(F)c3)CC2)OC1. The highest BCUT2D eigenvalue weighted by atomic mass is 19.3. The van der Waals surface area contributed by atoms with Crippen molar-refractivity contribution < 1.29 is 40.6 Å². The Kier molecular flexibility index (Phi) is 9.20. The van der Waals surface area contributed by atoms with Crippen LogP contribution >= 0.6 is 0 Å². The Morgan fingerprint density at radius 1 is 0.895 bits per heavy atom. The first kappa shape index (κ1) is 28.2. The first-order valence-corrected chi connectivity index (χ1v) is 12.7. The molecule has 1 saturated heterocycles. The van der Waals surface area contributed by atoms with Crippen molar-refractivity contribution >= 4 is 0 Å². The second-order valence-corrected chi connectivity index (χ2v) is 9.86. The van der Waals surface area contributed by atoms with Crippen LogP contribution < -0.4 is 4.74 Å². The zero-order chi connectivity index (χ0) is 27.3. The van der Waals surface area contributed by atoms with Gasteiger partial charge in [0, 0.05) is 24.0 Å². The maximum Gasteiger partial charge on any atom is 0.429 e. The number of benzene rings is 2. The van der Waals surface area contributed by atoms with Gasteiger partial charge in [0.25, 0.3) is 0 Å². The van der Waals surface area contributed by atoms with E-state index in [1.165, 1.54) is 6.07 Å². The Bertz CT molecular complexity index is 1110. The van der Waals surface area contributed by atoms with Crippen molar-refractivity contribution in [2.75, 3.05) is 13.2 Å². The third-order valence-corrected chi connectivity index (χ3v) is 7.10. The van der Waals surface area contributed by atoms with Crippen LogP contribution in [0.25, 0.3) is 0 Å². The average molecular weight is 541 g/mol. The highest BCUT2D eigenvalue weighted by Gasteiger charge is 2.38. The van der Waals surface area contributed by atoms with Crippen molar-refractivity contribution in [1.29, 1.82) is 0 Å². The van der Waals surface area contributed by atoms with E-state index in [4.69, 9.17) is 9.47 Å². The van der Waals surface area contributed by atoms with Crippen molar-refractivity contribution in [3.8, 4) is 5.75 Å². The van der Waals surface area contributed by atoms with Crippen molar-refractivity contribution in [3.05, 3.63) is 89.5 Å². The van der Waals surface area contributed by atoms with Gasteiger partial charge >= 0.3 is 6.11 Å². The molecule has 1 aliphatic carbocycles. The van der Waals surface area contributed by atoms with Gasteiger partial charge in [0.05, 0.1) is 18.8 Å². The Balaban J connectivity index is 1.25. The summed E-state index contributed by atoms with van der Waals surface area (Å²) in [5.41, 5.74) is -0.622. The minimum absolute atomic E-state index is 0.142. The number of ether oxygens (including phenoxy) is 3. The third-order valence-electron chi connectivity index (χ3n) is 7.10. The molecule has 2 aliphatic rings. The van der Waals surface area contributed by atoms with Crippen LogP contribution in [0.15, 0.2) is 55.1 Å². The second kappa shape index (κ2) is 12.4. The maximum atomic E-state index is 14.5. The highest BCUT2D eigenvalue weighted by molar-refractivity contribution is 5.30. The fraction of sp³-hybridized carbons (Fsp3) is 0.448. The van der Waals surface area contributed by atoms with E-state index in [0.29, 0.717) is 37.0 Å². The van der Waals surface area contributed by atoms with Gasteiger partial charge in [0.15, 0.2) is 23.7 Å². The molecule has 0 radical (unpaired) electrons. The van der Waals surface area contributed by atoms with Gasteiger partial charge in [-0.05, 0) is 62.1 Å². The summed E-state index contributed by atoms with van der Waals surface area (Å²) in [6.45, 7) is 5.07. The van der Waals surface area contributed by atoms with Crippen LogP contribution in [-0.2, 0) is 22.0 Å². The molecule has 0 bridgehead atoms. The lowest BCUT2D eigenvalue weighted by Crippen LogP contribution is -2.37. The lowest BCUT2D eigenvalue weighted by molar-refractivity contribution is -0.222. The summed E-state index contributed by atoms with van der Waals surface area (Å²) in [4.78, 5) is 0. The molecule has 0 spiro atoms. The lowest BCUT2D eigenvalue weighted by atomic mass is 9.80. The molecule has 0 aromatic heterocycles. The predicted octanol–water partition coefficient (Wildman–Crippen LogP) is 7.84. The Labute approximate surface area is 218 Å². The quantitative estimate of drug-likeness (QED) is 0.184. The average Bonchev–Trinajstić information content (AvgIpc) is 2.90. The highest BCUT2D eigenvalue weighted by Crippen LogP contribution is 2.36. The molecule has 9 heteroatoms. The van der Waals surface area contributed by atoms with Crippen molar-refractivity contribution in [1.82, 2.24) is 0 Å². The molecule has 38 heavy (non-hydrogen) atoms. The zero-order valence-corrected chi connectivity index (χ0v) is 20.8. The first-order valence-electron chi connectivity index (χ1n) is 12.7. The van der Waals surface area contributed by atoms with Gasteiger partial charge in [-0.25, -0.2) is 17.6 Å². The summed E-state index contributed by atoms with van der Waals surface area (Å²) < 4.78 is 99.0. The molecule has 1 saturated carbocycles. The second-order valence-electron chi connectivity index (χ2n) is 9.86. The predicted molar refractivity (Wildman–Crippen MR) is 130 cm³/mol. The van der Waals surface area contributed by atoms with Crippen LogP contribution in [0, 0.1) is 41.0 Å². The summed E-state index contributed by atoms with van der Waals surface area (Å²) in [5, 5.41) is 0. The van der Waals surface area contributed by atoms with Crippen LogP contribution in [0.4, 0.5) is 26.3 Å². The molecule has 3 nitrogen and oxygen atoms in total. The lowest BCUT2D eigenvalue weighted by Gasteiger charge is -2.36. The number of alkyl halides is 2. The van der Waals surface area contributed by atoms with Crippen LogP contribution in [0.1, 0.15) is 43.2 Å². The smallest absolute Gasteiger partial charge is 0.429 e. The third kappa shape index (κ3) is 6.99. The maximum absolute atomic E-state index is 14.5. The number of hydrogen-bond acceptors (Lipinski definition) is 3. The van der Waals surface area contributed by atoms with Gasteiger partial charge in [-0.1, -0.05) is 24.3 Å². The molecule has 2 fully saturated rings. The molecule has 0 unspecified atom stereocenters. The van der Waals surface area contributed by atoms with Gasteiger partial charge in [-0.15, -0.1) is 6.58 Å². The molecular formula is C29H30F6O3. The largest absolute Gasteiger partial charge is 0.429 e. The topological polar surface area (TPSA) is 27.7 Å². The van der Waals surface area contributed by atoms with Crippen LogP contribution in [0.3, 0.4) is 0 Å². The van der Waals surface area contributed by atoms with Crippen LogP contribution in [-0.4, -0.2) is 19.5 Å².